The Kier molecular flexibility index (Phi) is 6.25. The highest BCUT2D eigenvalue weighted by atomic mass is 32.2. The summed E-state index contributed by atoms with van der Waals surface area (Å²) < 4.78 is 47.5. The largest absolute Gasteiger partial charge is 0.493 e. The minimum atomic E-state index is -3.77. The van der Waals surface area contributed by atoms with Gasteiger partial charge in [-0.25, -0.2) is 8.42 Å². The summed E-state index contributed by atoms with van der Waals surface area (Å²) in [5, 5.41) is 2.72. The van der Waals surface area contributed by atoms with Gasteiger partial charge in [-0.3, -0.25) is 9.10 Å². The van der Waals surface area contributed by atoms with Gasteiger partial charge in [-0.2, -0.15) is 0 Å². The van der Waals surface area contributed by atoms with Gasteiger partial charge < -0.3 is 24.3 Å². The summed E-state index contributed by atoms with van der Waals surface area (Å²) in [6.45, 7) is 2.30. The van der Waals surface area contributed by atoms with Gasteiger partial charge in [-0.1, -0.05) is 0 Å². The lowest BCUT2D eigenvalue weighted by atomic mass is 10.2. The van der Waals surface area contributed by atoms with Crippen LogP contribution < -0.4 is 28.6 Å². The Morgan fingerprint density at radius 3 is 2.33 bits per heavy atom. The Morgan fingerprint density at radius 1 is 1.03 bits per heavy atom. The van der Waals surface area contributed by atoms with Crippen LogP contribution in [0.1, 0.15) is 6.92 Å². The van der Waals surface area contributed by atoms with Crippen LogP contribution in [0.4, 0.5) is 11.4 Å². The summed E-state index contributed by atoms with van der Waals surface area (Å²) in [4.78, 5) is 12.9. The topological polar surface area (TPSA) is 103 Å². The number of rotatable bonds is 7. The predicted octanol–water partition coefficient (Wildman–Crippen LogP) is 2.27. The van der Waals surface area contributed by atoms with E-state index in [-0.39, 0.29) is 0 Å². The van der Waals surface area contributed by atoms with Gasteiger partial charge in [0.15, 0.2) is 23.0 Å². The Balaban J connectivity index is 1.87. The van der Waals surface area contributed by atoms with E-state index >= 15 is 0 Å². The minimum absolute atomic E-state index is 0.303. The third kappa shape index (κ3) is 4.54. The number of methoxy groups -OCH3 is 2. The Hall–Kier alpha value is -3.14. The van der Waals surface area contributed by atoms with Gasteiger partial charge in [-0.05, 0) is 31.2 Å². The number of nitrogens with one attached hydrogen (secondary N) is 1. The van der Waals surface area contributed by atoms with E-state index in [9.17, 15) is 13.2 Å². The number of benzene rings is 2. The summed E-state index contributed by atoms with van der Waals surface area (Å²) in [6.07, 6.45) is 1.05. The number of ether oxygens (including phenoxy) is 4. The standard InChI is InChI=1S/C20H24N2O7S/c1-13(20(23)21-14-5-7-16(26-2)18(11-14)27-3)22(30(4,24)25)15-6-8-17-19(12-15)29-10-9-28-17/h5-8,11-13H,9-10H2,1-4H3,(H,21,23)/t13-/m0/s1. The number of carbonyl (C=O) groups excluding carboxylic acids is 1. The molecule has 1 aliphatic heterocycles. The lowest BCUT2D eigenvalue weighted by Gasteiger charge is -2.29. The molecule has 0 bridgehead atoms. The molecule has 0 aromatic heterocycles. The third-order valence-corrected chi connectivity index (χ3v) is 5.76. The van der Waals surface area contributed by atoms with Crippen molar-refractivity contribution >= 4 is 27.3 Å². The quantitative estimate of drug-likeness (QED) is 0.710. The zero-order valence-corrected chi connectivity index (χ0v) is 18.0. The molecule has 1 amide bonds. The fraction of sp³-hybridized carbons (Fsp3) is 0.350. The average Bonchev–Trinajstić information content (AvgIpc) is 2.72. The maximum Gasteiger partial charge on any atom is 0.247 e. The number of sulfonamides is 1. The summed E-state index contributed by atoms with van der Waals surface area (Å²) in [7, 11) is -0.778. The van der Waals surface area contributed by atoms with Gasteiger partial charge in [-0.15, -0.1) is 0 Å². The minimum Gasteiger partial charge on any atom is -0.493 e. The maximum atomic E-state index is 12.9. The molecule has 3 rings (SSSR count). The van der Waals surface area contributed by atoms with Gasteiger partial charge in [0.25, 0.3) is 0 Å². The van der Waals surface area contributed by atoms with Crippen molar-refractivity contribution in [2.45, 2.75) is 13.0 Å². The summed E-state index contributed by atoms with van der Waals surface area (Å²) in [6, 6.07) is 8.61. The van der Waals surface area contributed by atoms with Crippen LogP contribution in [0.3, 0.4) is 0 Å². The van der Waals surface area contributed by atoms with Crippen LogP contribution in [0.5, 0.6) is 23.0 Å². The van der Waals surface area contributed by atoms with Gasteiger partial charge in [0.1, 0.15) is 19.3 Å². The molecule has 30 heavy (non-hydrogen) atoms. The zero-order chi connectivity index (χ0) is 21.9. The fourth-order valence-corrected chi connectivity index (χ4v) is 4.31. The molecule has 0 aliphatic carbocycles. The molecule has 0 spiro atoms. The molecule has 10 heteroatoms. The van der Waals surface area contributed by atoms with Crippen LogP contribution in [-0.2, 0) is 14.8 Å². The summed E-state index contributed by atoms with van der Waals surface area (Å²) >= 11 is 0. The first-order valence-electron chi connectivity index (χ1n) is 9.16. The van der Waals surface area contributed by atoms with Crippen molar-refractivity contribution in [1.29, 1.82) is 0 Å². The first-order chi connectivity index (χ1) is 14.2. The molecule has 2 aromatic carbocycles. The number of hydrogen-bond acceptors (Lipinski definition) is 7. The van der Waals surface area contributed by atoms with Crippen LogP contribution in [0.25, 0.3) is 0 Å². The molecule has 1 N–H and O–H groups in total. The highest BCUT2D eigenvalue weighted by molar-refractivity contribution is 7.92. The smallest absolute Gasteiger partial charge is 0.247 e. The number of nitrogens with zero attached hydrogens (tertiary/aromatic N) is 1. The van der Waals surface area contributed by atoms with E-state index < -0.39 is 22.0 Å². The van der Waals surface area contributed by atoms with Gasteiger partial charge in [0.2, 0.25) is 15.9 Å². The number of fused-ring (bicyclic) bond motifs is 1. The molecule has 9 nitrogen and oxygen atoms in total. The molecule has 0 saturated heterocycles. The Morgan fingerprint density at radius 2 is 1.70 bits per heavy atom. The van der Waals surface area contributed by atoms with Crippen molar-refractivity contribution in [3.63, 3.8) is 0 Å². The van der Waals surface area contributed by atoms with Crippen molar-refractivity contribution < 1.29 is 32.2 Å². The van der Waals surface area contributed by atoms with E-state index in [4.69, 9.17) is 18.9 Å². The fourth-order valence-electron chi connectivity index (χ4n) is 3.14. The molecule has 1 aliphatic rings. The predicted molar refractivity (Wildman–Crippen MR) is 112 cm³/mol. The van der Waals surface area contributed by atoms with E-state index in [1.807, 2.05) is 0 Å². The monoisotopic (exact) mass is 436 g/mol. The maximum absolute atomic E-state index is 12.9. The first kappa shape index (κ1) is 21.6. The lowest BCUT2D eigenvalue weighted by Crippen LogP contribution is -2.45. The molecular formula is C20H24N2O7S. The summed E-state index contributed by atoms with van der Waals surface area (Å²) in [5.41, 5.74) is 0.747. The van der Waals surface area contributed by atoms with Crippen molar-refractivity contribution in [3.05, 3.63) is 36.4 Å². The van der Waals surface area contributed by atoms with Crippen molar-refractivity contribution in [1.82, 2.24) is 0 Å². The van der Waals surface area contributed by atoms with Crippen LogP contribution in [-0.4, -0.2) is 54.1 Å². The van der Waals surface area contributed by atoms with Crippen molar-refractivity contribution in [3.8, 4) is 23.0 Å². The Bertz CT molecular complexity index is 1040. The van der Waals surface area contributed by atoms with E-state index in [0.29, 0.717) is 47.6 Å². The van der Waals surface area contributed by atoms with E-state index in [0.717, 1.165) is 10.6 Å². The Labute approximate surface area is 175 Å². The number of amides is 1. The van der Waals surface area contributed by atoms with Crippen LogP contribution in [0, 0.1) is 0 Å². The normalized spacial score (nSPS) is 13.9. The number of carbonyl (C=O) groups is 1. The molecule has 1 atom stereocenters. The van der Waals surface area contributed by atoms with Crippen molar-refractivity contribution in [2.75, 3.05) is 43.3 Å². The summed E-state index contributed by atoms with van der Waals surface area (Å²) in [5.74, 6) is 1.40. The molecule has 0 radical (unpaired) electrons. The first-order valence-corrected chi connectivity index (χ1v) is 11.0. The van der Waals surface area contributed by atoms with Gasteiger partial charge in [0, 0.05) is 17.8 Å². The molecule has 0 saturated carbocycles. The van der Waals surface area contributed by atoms with E-state index in [2.05, 4.69) is 5.32 Å². The molecule has 1 heterocycles. The SMILES string of the molecule is COc1ccc(NC(=O)[C@H](C)N(c2ccc3c(c2)OCCO3)S(C)(=O)=O)cc1OC. The second-order valence-corrected chi connectivity index (χ2v) is 8.48. The highest BCUT2D eigenvalue weighted by Crippen LogP contribution is 2.35. The number of hydrogen-bond donors (Lipinski definition) is 1. The van der Waals surface area contributed by atoms with Crippen LogP contribution >= 0.6 is 0 Å². The molecular weight excluding hydrogens is 412 g/mol. The zero-order valence-electron chi connectivity index (χ0n) is 17.2. The van der Waals surface area contributed by atoms with Crippen molar-refractivity contribution in [2.24, 2.45) is 0 Å². The van der Waals surface area contributed by atoms with E-state index in [1.165, 1.54) is 21.1 Å². The second kappa shape index (κ2) is 8.70. The molecule has 0 fully saturated rings. The average molecular weight is 436 g/mol. The molecule has 0 unspecified atom stereocenters. The van der Waals surface area contributed by atoms with Gasteiger partial charge in [0.05, 0.1) is 26.2 Å². The van der Waals surface area contributed by atoms with E-state index in [1.54, 1.807) is 36.4 Å². The molecule has 162 valence electrons. The number of anilines is 2. The van der Waals surface area contributed by atoms with Gasteiger partial charge >= 0.3 is 0 Å². The second-order valence-electron chi connectivity index (χ2n) is 6.62. The molecule has 2 aromatic rings. The van der Waals surface area contributed by atoms with Crippen LogP contribution in [0.2, 0.25) is 0 Å². The highest BCUT2D eigenvalue weighted by Gasteiger charge is 2.30. The lowest BCUT2D eigenvalue weighted by molar-refractivity contribution is -0.116. The third-order valence-electron chi connectivity index (χ3n) is 4.52. The van der Waals surface area contributed by atoms with Crippen LogP contribution in [0.15, 0.2) is 36.4 Å².